The number of H-pyrrole nitrogens is 3. The number of nitrogens with zero attached hydrogens (tertiary/aromatic N) is 2. The lowest BCUT2D eigenvalue weighted by Gasteiger charge is -2.07. The Bertz CT molecular complexity index is 1290. The highest BCUT2D eigenvalue weighted by Gasteiger charge is 2.16. The van der Waals surface area contributed by atoms with Gasteiger partial charge in [0, 0.05) is 16.8 Å². The van der Waals surface area contributed by atoms with Gasteiger partial charge in [-0.15, -0.1) is 0 Å². The summed E-state index contributed by atoms with van der Waals surface area (Å²) in [6.07, 6.45) is 0. The van der Waals surface area contributed by atoms with Gasteiger partial charge in [-0.05, 0) is 24.4 Å². The lowest BCUT2D eigenvalue weighted by molar-refractivity contribution is 0.102. The Labute approximate surface area is 169 Å². The molecule has 144 valence electrons. The summed E-state index contributed by atoms with van der Waals surface area (Å²) in [5.74, 6) is -0.739. The first-order valence-corrected chi connectivity index (χ1v) is 8.94. The van der Waals surface area contributed by atoms with Crippen molar-refractivity contribution in [2.45, 2.75) is 0 Å². The van der Waals surface area contributed by atoms with Crippen molar-refractivity contribution in [2.75, 3.05) is 11.1 Å². The smallest absolute Gasteiger partial charge is 0.266 e. The second kappa shape index (κ2) is 7.52. The van der Waals surface area contributed by atoms with Crippen molar-refractivity contribution in [3.05, 3.63) is 75.3 Å². The third-order valence-electron chi connectivity index (χ3n) is 4.21. The number of aromatic amines is 3. The van der Waals surface area contributed by atoms with E-state index < -0.39 is 11.5 Å². The van der Waals surface area contributed by atoms with Crippen LogP contribution in [0.25, 0.3) is 22.5 Å². The number of carbonyl (C=O) groups is 1. The standard InChI is InChI=1S/C19H15N7O2S/c20-16-13(18(28)23-19(29)22-16)17(27)21-12-8-6-11(7-9-12)15-14(24-26-25-15)10-4-2-1-3-5-10/h1-9H,(H,21,27)(H,24,25,26)(H4,20,22,23,28,29). The van der Waals surface area contributed by atoms with E-state index in [0.29, 0.717) is 11.4 Å². The maximum absolute atomic E-state index is 12.4. The average Bonchev–Trinajstić information content (AvgIpc) is 3.18. The summed E-state index contributed by atoms with van der Waals surface area (Å²) in [5.41, 5.74) is 8.48. The Hall–Kier alpha value is -4.05. The van der Waals surface area contributed by atoms with Crippen LogP contribution < -0.4 is 16.6 Å². The zero-order valence-corrected chi connectivity index (χ0v) is 15.7. The highest BCUT2D eigenvalue weighted by molar-refractivity contribution is 7.71. The predicted molar refractivity (Wildman–Crippen MR) is 112 cm³/mol. The minimum Gasteiger partial charge on any atom is -0.384 e. The van der Waals surface area contributed by atoms with E-state index in [1.165, 1.54) is 0 Å². The quantitative estimate of drug-likeness (QED) is 0.330. The van der Waals surface area contributed by atoms with E-state index in [1.54, 1.807) is 24.3 Å². The molecule has 0 aliphatic rings. The van der Waals surface area contributed by atoms with Crippen molar-refractivity contribution in [1.29, 1.82) is 0 Å². The predicted octanol–water partition coefficient (Wildman–Crippen LogP) is 2.72. The minimum absolute atomic E-state index is 0.0511. The van der Waals surface area contributed by atoms with Gasteiger partial charge in [-0.25, -0.2) is 0 Å². The zero-order chi connectivity index (χ0) is 20.4. The molecule has 2 heterocycles. The van der Waals surface area contributed by atoms with Crippen LogP contribution in [-0.4, -0.2) is 31.3 Å². The van der Waals surface area contributed by atoms with Crippen molar-refractivity contribution in [3.63, 3.8) is 0 Å². The van der Waals surface area contributed by atoms with Gasteiger partial charge in [0.2, 0.25) is 0 Å². The first kappa shape index (κ1) is 18.3. The number of hydrogen-bond acceptors (Lipinski definition) is 6. The van der Waals surface area contributed by atoms with E-state index in [0.717, 1.165) is 16.8 Å². The molecule has 0 saturated carbocycles. The lowest BCUT2D eigenvalue weighted by atomic mass is 10.0. The Balaban J connectivity index is 1.59. The number of nitrogen functional groups attached to an aromatic ring is 1. The second-order valence-corrected chi connectivity index (χ2v) is 6.52. The Kier molecular flexibility index (Phi) is 4.75. The summed E-state index contributed by atoms with van der Waals surface area (Å²) in [6.45, 7) is 0. The van der Waals surface area contributed by atoms with Gasteiger partial charge in [0.25, 0.3) is 11.5 Å². The molecule has 0 radical (unpaired) electrons. The van der Waals surface area contributed by atoms with Crippen LogP contribution >= 0.6 is 12.2 Å². The summed E-state index contributed by atoms with van der Waals surface area (Å²) in [6, 6.07) is 16.7. The fourth-order valence-electron chi connectivity index (χ4n) is 2.86. The monoisotopic (exact) mass is 405 g/mol. The number of aromatic nitrogens is 5. The number of hydrogen-bond donors (Lipinski definition) is 5. The zero-order valence-electron chi connectivity index (χ0n) is 14.9. The van der Waals surface area contributed by atoms with Crippen molar-refractivity contribution < 1.29 is 4.79 Å². The SMILES string of the molecule is Nc1[nH]c(=S)[nH]c(=O)c1C(=O)Nc1ccc(-c2n[nH]nc2-c2ccccc2)cc1. The molecule has 9 nitrogen and oxygen atoms in total. The molecule has 4 aromatic rings. The molecule has 0 saturated heterocycles. The van der Waals surface area contributed by atoms with E-state index in [1.807, 2.05) is 30.3 Å². The summed E-state index contributed by atoms with van der Waals surface area (Å²) >= 11 is 4.83. The Morgan fingerprint density at radius 3 is 2.17 bits per heavy atom. The fourth-order valence-corrected chi connectivity index (χ4v) is 3.07. The summed E-state index contributed by atoms with van der Waals surface area (Å²) in [4.78, 5) is 29.3. The number of anilines is 2. The molecule has 2 aromatic heterocycles. The lowest BCUT2D eigenvalue weighted by Crippen LogP contribution is -2.26. The van der Waals surface area contributed by atoms with Crippen LogP contribution in [-0.2, 0) is 0 Å². The molecule has 0 aliphatic heterocycles. The summed E-state index contributed by atoms with van der Waals surface area (Å²) in [5, 5.41) is 13.8. The first-order valence-electron chi connectivity index (χ1n) is 8.53. The van der Waals surface area contributed by atoms with E-state index in [9.17, 15) is 9.59 Å². The molecule has 0 aliphatic carbocycles. The first-order chi connectivity index (χ1) is 14.0. The normalized spacial score (nSPS) is 10.6. The van der Waals surface area contributed by atoms with Crippen LogP contribution in [0.15, 0.2) is 59.4 Å². The van der Waals surface area contributed by atoms with Crippen LogP contribution in [0.4, 0.5) is 11.5 Å². The fraction of sp³-hybridized carbons (Fsp3) is 0. The van der Waals surface area contributed by atoms with Crippen molar-refractivity contribution in [2.24, 2.45) is 0 Å². The van der Waals surface area contributed by atoms with Crippen LogP contribution in [0.2, 0.25) is 0 Å². The largest absolute Gasteiger partial charge is 0.384 e. The Morgan fingerprint density at radius 2 is 1.55 bits per heavy atom. The van der Waals surface area contributed by atoms with Gasteiger partial charge in [0.1, 0.15) is 22.8 Å². The van der Waals surface area contributed by atoms with E-state index in [2.05, 4.69) is 30.7 Å². The average molecular weight is 405 g/mol. The molecule has 0 spiro atoms. The van der Waals surface area contributed by atoms with Gasteiger partial charge < -0.3 is 16.0 Å². The van der Waals surface area contributed by atoms with Crippen LogP contribution in [0.1, 0.15) is 10.4 Å². The summed E-state index contributed by atoms with van der Waals surface area (Å²) < 4.78 is 0.0511. The molecule has 0 fully saturated rings. The third kappa shape index (κ3) is 3.69. The number of amides is 1. The molecule has 1 amide bonds. The second-order valence-electron chi connectivity index (χ2n) is 6.12. The molecular weight excluding hydrogens is 390 g/mol. The van der Waals surface area contributed by atoms with Crippen molar-refractivity contribution in [1.82, 2.24) is 25.4 Å². The van der Waals surface area contributed by atoms with Gasteiger partial charge in [-0.2, -0.15) is 15.4 Å². The van der Waals surface area contributed by atoms with E-state index in [-0.39, 0.29) is 16.2 Å². The molecule has 6 N–H and O–H groups in total. The maximum atomic E-state index is 12.4. The summed E-state index contributed by atoms with van der Waals surface area (Å²) in [7, 11) is 0. The highest BCUT2D eigenvalue weighted by Crippen LogP contribution is 2.28. The van der Waals surface area contributed by atoms with Crippen molar-refractivity contribution in [3.8, 4) is 22.5 Å². The van der Waals surface area contributed by atoms with Gasteiger partial charge in [-0.3, -0.25) is 14.6 Å². The molecule has 2 aromatic carbocycles. The van der Waals surface area contributed by atoms with Gasteiger partial charge >= 0.3 is 0 Å². The minimum atomic E-state index is -0.657. The number of rotatable bonds is 4. The number of benzene rings is 2. The van der Waals surface area contributed by atoms with Crippen molar-refractivity contribution >= 4 is 29.6 Å². The van der Waals surface area contributed by atoms with Crippen LogP contribution in [0.5, 0.6) is 0 Å². The van der Waals surface area contributed by atoms with Gasteiger partial charge in [0.15, 0.2) is 4.77 Å². The van der Waals surface area contributed by atoms with E-state index >= 15 is 0 Å². The van der Waals surface area contributed by atoms with Crippen LogP contribution in [0, 0.1) is 4.77 Å². The molecule has 0 unspecified atom stereocenters. The molecule has 0 bridgehead atoms. The van der Waals surface area contributed by atoms with Crippen LogP contribution in [0.3, 0.4) is 0 Å². The van der Waals surface area contributed by atoms with E-state index in [4.69, 9.17) is 18.0 Å². The Morgan fingerprint density at radius 1 is 0.931 bits per heavy atom. The molecular formula is C19H15N7O2S. The number of nitrogens with two attached hydrogens (primary N) is 1. The number of nitrogens with one attached hydrogen (secondary N) is 4. The third-order valence-corrected chi connectivity index (χ3v) is 4.41. The van der Waals surface area contributed by atoms with Gasteiger partial charge in [0.05, 0.1) is 0 Å². The topological polar surface area (TPSA) is 145 Å². The number of carbonyl (C=O) groups excluding carboxylic acids is 1. The molecule has 0 atom stereocenters. The van der Waals surface area contributed by atoms with Gasteiger partial charge in [-0.1, -0.05) is 42.5 Å². The molecule has 29 heavy (non-hydrogen) atoms. The molecule has 10 heteroatoms. The highest BCUT2D eigenvalue weighted by atomic mass is 32.1. The maximum Gasteiger partial charge on any atom is 0.266 e. The molecule has 4 rings (SSSR count).